The van der Waals surface area contributed by atoms with E-state index in [0.717, 1.165) is 16.9 Å². The molecule has 2 saturated heterocycles. The third kappa shape index (κ3) is 6.94. The molecule has 1 aromatic heterocycles. The predicted octanol–water partition coefficient (Wildman–Crippen LogP) is 3.26. The van der Waals surface area contributed by atoms with Gasteiger partial charge in [0.1, 0.15) is 17.6 Å². The van der Waals surface area contributed by atoms with Crippen molar-refractivity contribution in [2.45, 2.75) is 51.4 Å². The molecule has 2 aliphatic heterocycles. The van der Waals surface area contributed by atoms with E-state index >= 15 is 4.39 Å². The largest absolute Gasteiger partial charge is 0.444 e. The van der Waals surface area contributed by atoms with E-state index in [9.17, 15) is 14.0 Å². The molecule has 0 spiro atoms. The number of benzene rings is 1. The Hall–Kier alpha value is -3.34. The average molecular weight is 531 g/mol. The van der Waals surface area contributed by atoms with Gasteiger partial charge in [0, 0.05) is 38.3 Å². The number of anilines is 1. The second kappa shape index (κ2) is 11.2. The van der Waals surface area contributed by atoms with Crippen molar-refractivity contribution in [2.75, 3.05) is 50.7 Å². The molecule has 2 amide bonds. The Balaban J connectivity index is 1.26. The fourth-order valence-electron chi connectivity index (χ4n) is 4.65. The maximum Gasteiger partial charge on any atom is 0.410 e. The van der Waals surface area contributed by atoms with Crippen molar-refractivity contribution in [3.8, 4) is 11.1 Å². The number of carbonyl (C=O) groups is 2. The summed E-state index contributed by atoms with van der Waals surface area (Å²) in [7, 11) is 0. The third-order valence-electron chi connectivity index (χ3n) is 6.93. The van der Waals surface area contributed by atoms with Gasteiger partial charge in [-0.1, -0.05) is 12.1 Å². The van der Waals surface area contributed by atoms with Gasteiger partial charge in [-0.05, 0) is 57.9 Å². The second-order valence-electron chi connectivity index (χ2n) is 11.2. The molecule has 2 atom stereocenters. The van der Waals surface area contributed by atoms with Crippen molar-refractivity contribution in [1.29, 1.82) is 0 Å². The Kier molecular flexibility index (Phi) is 8.15. The molecule has 3 heterocycles. The number of nitrogens with zero attached hydrogens (tertiary/aromatic N) is 5. The number of aromatic nitrogens is 2. The van der Waals surface area contributed by atoms with Crippen LogP contribution in [-0.4, -0.2) is 95.1 Å². The molecule has 1 aromatic carbocycles. The molecule has 2 aromatic rings. The first kappa shape index (κ1) is 27.7. The molecule has 206 valence electrons. The van der Waals surface area contributed by atoms with Gasteiger partial charge < -0.3 is 19.9 Å². The fourth-order valence-corrected chi connectivity index (χ4v) is 4.65. The molecule has 2 aliphatic rings. The molecule has 0 saturated carbocycles. The molecule has 0 unspecified atom stereocenters. The fraction of sp³-hybridized carbons (Fsp3) is 0.556. The van der Waals surface area contributed by atoms with Crippen LogP contribution in [0.5, 0.6) is 0 Å². The predicted molar refractivity (Wildman–Crippen MR) is 140 cm³/mol. The minimum Gasteiger partial charge on any atom is -0.444 e. The SMILES string of the molecule is CC(C)(C)OC(=O)N1CC[C@](C)(NC(=O)CN2CCN(c3cc(-c4ccc(F)cc4)cnn3)CC2)[C@H](F)C1. The number of piperidine rings is 1. The van der Waals surface area contributed by atoms with Crippen LogP contribution in [0.3, 0.4) is 0 Å². The summed E-state index contributed by atoms with van der Waals surface area (Å²) in [5.41, 5.74) is 0.00573. The number of carbonyl (C=O) groups excluding carboxylic acids is 2. The summed E-state index contributed by atoms with van der Waals surface area (Å²) in [4.78, 5) is 30.6. The quantitative estimate of drug-likeness (QED) is 0.635. The molecule has 9 nitrogen and oxygen atoms in total. The zero-order chi connectivity index (χ0) is 27.5. The highest BCUT2D eigenvalue weighted by molar-refractivity contribution is 5.79. The Morgan fingerprint density at radius 2 is 1.79 bits per heavy atom. The van der Waals surface area contributed by atoms with Crippen LogP contribution in [0.2, 0.25) is 0 Å². The lowest BCUT2D eigenvalue weighted by Gasteiger charge is -2.43. The van der Waals surface area contributed by atoms with E-state index in [1.165, 1.54) is 17.0 Å². The van der Waals surface area contributed by atoms with Gasteiger partial charge in [-0.25, -0.2) is 13.6 Å². The van der Waals surface area contributed by atoms with E-state index in [4.69, 9.17) is 4.74 Å². The highest BCUT2D eigenvalue weighted by Gasteiger charge is 2.43. The summed E-state index contributed by atoms with van der Waals surface area (Å²) >= 11 is 0. The van der Waals surface area contributed by atoms with E-state index in [-0.39, 0.29) is 24.8 Å². The van der Waals surface area contributed by atoms with Gasteiger partial charge in [0.25, 0.3) is 0 Å². The molecule has 4 rings (SSSR count). The van der Waals surface area contributed by atoms with Crippen LogP contribution < -0.4 is 10.2 Å². The maximum absolute atomic E-state index is 15.1. The number of ether oxygens (including phenoxy) is 1. The van der Waals surface area contributed by atoms with E-state index < -0.39 is 23.4 Å². The average Bonchev–Trinajstić information content (AvgIpc) is 2.85. The number of nitrogens with one attached hydrogen (secondary N) is 1. The van der Waals surface area contributed by atoms with Crippen molar-refractivity contribution < 1.29 is 23.1 Å². The van der Waals surface area contributed by atoms with Gasteiger partial charge in [-0.2, -0.15) is 5.10 Å². The van der Waals surface area contributed by atoms with E-state index in [0.29, 0.717) is 39.1 Å². The first-order chi connectivity index (χ1) is 17.9. The first-order valence-corrected chi connectivity index (χ1v) is 12.9. The molecule has 0 aliphatic carbocycles. The van der Waals surface area contributed by atoms with Gasteiger partial charge in [-0.3, -0.25) is 9.69 Å². The van der Waals surface area contributed by atoms with Crippen molar-refractivity contribution in [2.24, 2.45) is 0 Å². The number of piperazine rings is 1. The number of amides is 2. The zero-order valence-electron chi connectivity index (χ0n) is 22.4. The van der Waals surface area contributed by atoms with Gasteiger partial charge in [0.05, 0.1) is 24.8 Å². The minimum atomic E-state index is -1.41. The molecular weight excluding hydrogens is 494 g/mol. The lowest BCUT2D eigenvalue weighted by atomic mass is 9.87. The van der Waals surface area contributed by atoms with Crippen molar-refractivity contribution in [3.05, 3.63) is 42.3 Å². The normalized spacial score (nSPS) is 22.7. The molecule has 0 bridgehead atoms. The molecule has 1 N–H and O–H groups in total. The number of halogens is 2. The van der Waals surface area contributed by atoms with Crippen LogP contribution in [0, 0.1) is 5.82 Å². The number of likely N-dealkylation sites (tertiary alicyclic amines) is 1. The van der Waals surface area contributed by atoms with Crippen LogP contribution >= 0.6 is 0 Å². The van der Waals surface area contributed by atoms with Gasteiger partial charge in [0.2, 0.25) is 5.91 Å². The number of hydrogen-bond donors (Lipinski definition) is 1. The van der Waals surface area contributed by atoms with Gasteiger partial charge in [-0.15, -0.1) is 5.10 Å². The minimum absolute atomic E-state index is 0.123. The Morgan fingerprint density at radius 3 is 2.42 bits per heavy atom. The van der Waals surface area contributed by atoms with Crippen LogP contribution in [0.1, 0.15) is 34.1 Å². The van der Waals surface area contributed by atoms with Crippen LogP contribution in [-0.2, 0) is 9.53 Å². The monoisotopic (exact) mass is 530 g/mol. The lowest BCUT2D eigenvalue weighted by molar-refractivity contribution is -0.125. The second-order valence-corrected chi connectivity index (χ2v) is 11.2. The van der Waals surface area contributed by atoms with E-state index in [1.807, 2.05) is 11.0 Å². The molecular formula is C27H36F2N6O3. The molecule has 0 radical (unpaired) electrons. The standard InChI is InChI=1S/C27H36F2N6O3/c1-26(2,3)38-25(37)35-10-9-27(4,22(29)17-35)31-24(36)18-33-11-13-34(14-12-33)23-15-20(16-30-32-23)19-5-7-21(28)8-6-19/h5-8,15-16,22H,9-14,17-18H2,1-4H3,(H,31,36)/t22-,27+/m1/s1. The lowest BCUT2D eigenvalue weighted by Crippen LogP contribution is -2.63. The molecule has 2 fully saturated rings. The topological polar surface area (TPSA) is 90.9 Å². The molecule has 11 heteroatoms. The van der Waals surface area contributed by atoms with Gasteiger partial charge in [0.15, 0.2) is 5.82 Å². The Bertz CT molecular complexity index is 1130. The van der Waals surface area contributed by atoms with Crippen molar-refractivity contribution in [3.63, 3.8) is 0 Å². The highest BCUT2D eigenvalue weighted by Crippen LogP contribution is 2.27. The molecule has 38 heavy (non-hydrogen) atoms. The smallest absolute Gasteiger partial charge is 0.410 e. The highest BCUT2D eigenvalue weighted by atomic mass is 19.1. The summed E-state index contributed by atoms with van der Waals surface area (Å²) in [5, 5.41) is 11.2. The summed E-state index contributed by atoms with van der Waals surface area (Å²) in [6.07, 6.45) is 0.000127. The van der Waals surface area contributed by atoms with Gasteiger partial charge >= 0.3 is 6.09 Å². The summed E-state index contributed by atoms with van der Waals surface area (Å²) in [6.45, 7) is 9.92. The van der Waals surface area contributed by atoms with Crippen molar-refractivity contribution in [1.82, 2.24) is 25.3 Å². The van der Waals surface area contributed by atoms with Crippen LogP contribution in [0.4, 0.5) is 19.4 Å². The number of rotatable bonds is 5. The third-order valence-corrected chi connectivity index (χ3v) is 6.93. The summed E-state index contributed by atoms with van der Waals surface area (Å²) in [6, 6.07) is 8.16. The number of alkyl halides is 1. The summed E-state index contributed by atoms with van der Waals surface area (Å²) < 4.78 is 33.7. The van der Waals surface area contributed by atoms with E-state index in [2.05, 4.69) is 20.4 Å². The summed E-state index contributed by atoms with van der Waals surface area (Å²) in [5.74, 6) is 0.186. The van der Waals surface area contributed by atoms with E-state index in [1.54, 1.807) is 46.0 Å². The van der Waals surface area contributed by atoms with Crippen LogP contribution in [0.25, 0.3) is 11.1 Å². The zero-order valence-corrected chi connectivity index (χ0v) is 22.4. The first-order valence-electron chi connectivity index (χ1n) is 12.9. The Labute approximate surface area is 222 Å². The van der Waals surface area contributed by atoms with Crippen molar-refractivity contribution >= 4 is 17.8 Å². The maximum atomic E-state index is 15.1. The number of hydrogen-bond acceptors (Lipinski definition) is 7. The Morgan fingerprint density at radius 1 is 1.11 bits per heavy atom. The van der Waals surface area contributed by atoms with Crippen LogP contribution in [0.15, 0.2) is 36.5 Å².